The number of phenols is 1. The Balaban J connectivity index is 2.75. The summed E-state index contributed by atoms with van der Waals surface area (Å²) in [6, 6.07) is 4.56. The van der Waals surface area contributed by atoms with Crippen molar-refractivity contribution in [3.8, 4) is 5.75 Å². The topological polar surface area (TPSA) is 35.5 Å². The predicted octanol–water partition coefficient (Wildman–Crippen LogP) is 3.16. The number of nitrogens with one attached hydrogen (secondary N) is 1. The zero-order valence-corrected chi connectivity index (χ0v) is 13.2. The second-order valence-electron chi connectivity index (χ2n) is 6.18. The zero-order chi connectivity index (χ0) is 15.3. The average Bonchev–Trinajstić information content (AvgIpc) is 2.26. The summed E-state index contributed by atoms with van der Waals surface area (Å²) in [6.07, 6.45) is 1.04. The molecular formula is C16H27FN2O. The van der Waals surface area contributed by atoms with Gasteiger partial charge in [0, 0.05) is 30.3 Å². The number of nitrogens with zero attached hydrogens (tertiary/aromatic N) is 1. The number of benzene rings is 1. The molecule has 0 aliphatic carbocycles. The van der Waals surface area contributed by atoms with E-state index in [0.717, 1.165) is 19.0 Å². The molecule has 1 aromatic rings. The average molecular weight is 282 g/mol. The standard InChI is InChI=1S/C16H27FN2O/c1-11(2)8-13(10-19(4)5)18-12(3)15-7-6-14(20)9-16(15)17/h6-7,9,11-13,18,20H,8,10H2,1-5H3. The molecule has 0 spiro atoms. The summed E-state index contributed by atoms with van der Waals surface area (Å²) in [6.45, 7) is 7.26. The van der Waals surface area contributed by atoms with Gasteiger partial charge in [0.2, 0.25) is 0 Å². The third-order valence-electron chi connectivity index (χ3n) is 3.28. The molecule has 0 fully saturated rings. The fourth-order valence-corrected chi connectivity index (χ4v) is 2.52. The maximum Gasteiger partial charge on any atom is 0.131 e. The highest BCUT2D eigenvalue weighted by molar-refractivity contribution is 5.29. The van der Waals surface area contributed by atoms with Gasteiger partial charge in [-0.2, -0.15) is 0 Å². The first-order valence-corrected chi connectivity index (χ1v) is 7.18. The van der Waals surface area contributed by atoms with Gasteiger partial charge in [-0.05, 0) is 39.4 Å². The van der Waals surface area contributed by atoms with Crippen LogP contribution in [0, 0.1) is 11.7 Å². The molecule has 0 saturated heterocycles. The Bertz CT molecular complexity index is 411. The molecule has 0 aliphatic heterocycles. The number of likely N-dealkylation sites (N-methyl/N-ethyl adjacent to an activating group) is 1. The highest BCUT2D eigenvalue weighted by Gasteiger charge is 2.18. The smallest absolute Gasteiger partial charge is 0.131 e. The van der Waals surface area contributed by atoms with Crippen LogP contribution in [0.2, 0.25) is 0 Å². The van der Waals surface area contributed by atoms with E-state index in [2.05, 4.69) is 24.1 Å². The molecular weight excluding hydrogens is 255 g/mol. The van der Waals surface area contributed by atoms with Gasteiger partial charge in [-0.3, -0.25) is 0 Å². The summed E-state index contributed by atoms with van der Waals surface area (Å²) < 4.78 is 13.9. The maximum absolute atomic E-state index is 13.9. The van der Waals surface area contributed by atoms with Crippen LogP contribution in [-0.4, -0.2) is 36.7 Å². The third-order valence-corrected chi connectivity index (χ3v) is 3.28. The van der Waals surface area contributed by atoms with Crippen molar-refractivity contribution in [2.24, 2.45) is 5.92 Å². The van der Waals surface area contributed by atoms with E-state index in [1.807, 2.05) is 21.0 Å². The van der Waals surface area contributed by atoms with Crippen LogP contribution in [-0.2, 0) is 0 Å². The summed E-state index contributed by atoms with van der Waals surface area (Å²) in [7, 11) is 4.08. The van der Waals surface area contributed by atoms with Crippen LogP contribution in [0.1, 0.15) is 38.8 Å². The Morgan fingerprint density at radius 1 is 1.25 bits per heavy atom. The summed E-state index contributed by atoms with van der Waals surface area (Å²) in [5.41, 5.74) is 0.593. The molecule has 0 bridgehead atoms. The van der Waals surface area contributed by atoms with Gasteiger partial charge in [0.1, 0.15) is 11.6 Å². The molecule has 3 nitrogen and oxygen atoms in total. The second kappa shape index (κ2) is 7.60. The lowest BCUT2D eigenvalue weighted by Crippen LogP contribution is -2.40. The highest BCUT2D eigenvalue weighted by atomic mass is 19.1. The number of halogens is 1. The van der Waals surface area contributed by atoms with Gasteiger partial charge in [0.05, 0.1) is 0 Å². The monoisotopic (exact) mass is 282 g/mol. The summed E-state index contributed by atoms with van der Waals surface area (Å²) in [4.78, 5) is 2.14. The van der Waals surface area contributed by atoms with E-state index < -0.39 is 0 Å². The first kappa shape index (κ1) is 16.9. The third kappa shape index (κ3) is 5.47. The molecule has 1 rings (SSSR count). The van der Waals surface area contributed by atoms with Crippen LogP contribution in [0.25, 0.3) is 0 Å². The van der Waals surface area contributed by atoms with Crippen LogP contribution in [0.4, 0.5) is 4.39 Å². The first-order valence-electron chi connectivity index (χ1n) is 7.18. The van der Waals surface area contributed by atoms with Gasteiger partial charge in [-0.15, -0.1) is 0 Å². The molecule has 0 amide bonds. The van der Waals surface area contributed by atoms with E-state index >= 15 is 0 Å². The first-order chi connectivity index (χ1) is 9.29. The van der Waals surface area contributed by atoms with Crippen molar-refractivity contribution in [2.45, 2.75) is 39.3 Å². The van der Waals surface area contributed by atoms with E-state index in [1.165, 1.54) is 6.07 Å². The van der Waals surface area contributed by atoms with Gasteiger partial charge in [-0.1, -0.05) is 19.9 Å². The van der Waals surface area contributed by atoms with Crippen molar-refractivity contribution in [3.05, 3.63) is 29.6 Å². The molecule has 0 aliphatic rings. The van der Waals surface area contributed by atoms with Gasteiger partial charge >= 0.3 is 0 Å². The van der Waals surface area contributed by atoms with Crippen molar-refractivity contribution in [3.63, 3.8) is 0 Å². The van der Waals surface area contributed by atoms with E-state index in [0.29, 0.717) is 17.5 Å². The Morgan fingerprint density at radius 3 is 2.40 bits per heavy atom. The Hall–Kier alpha value is -1.13. The Labute approximate surface area is 121 Å². The molecule has 4 heteroatoms. The molecule has 0 heterocycles. The molecule has 114 valence electrons. The van der Waals surface area contributed by atoms with E-state index in [-0.39, 0.29) is 17.6 Å². The van der Waals surface area contributed by atoms with Crippen molar-refractivity contribution in [1.29, 1.82) is 0 Å². The highest BCUT2D eigenvalue weighted by Crippen LogP contribution is 2.22. The van der Waals surface area contributed by atoms with E-state index in [1.54, 1.807) is 6.07 Å². The van der Waals surface area contributed by atoms with Gasteiger partial charge in [0.15, 0.2) is 0 Å². The number of rotatable bonds is 7. The van der Waals surface area contributed by atoms with Crippen LogP contribution in [0.15, 0.2) is 18.2 Å². The lowest BCUT2D eigenvalue weighted by atomic mass is 10.0. The van der Waals surface area contributed by atoms with Gasteiger partial charge in [0.25, 0.3) is 0 Å². The predicted molar refractivity (Wildman–Crippen MR) is 81.4 cm³/mol. The fraction of sp³-hybridized carbons (Fsp3) is 0.625. The molecule has 2 unspecified atom stereocenters. The van der Waals surface area contributed by atoms with E-state index in [4.69, 9.17) is 0 Å². The van der Waals surface area contributed by atoms with Crippen molar-refractivity contribution in [1.82, 2.24) is 10.2 Å². The normalized spacial score (nSPS) is 14.8. The Morgan fingerprint density at radius 2 is 1.90 bits per heavy atom. The van der Waals surface area contributed by atoms with Crippen LogP contribution in [0.5, 0.6) is 5.75 Å². The maximum atomic E-state index is 13.9. The fourth-order valence-electron chi connectivity index (χ4n) is 2.52. The molecule has 0 radical (unpaired) electrons. The van der Waals surface area contributed by atoms with Crippen LogP contribution in [0.3, 0.4) is 0 Å². The number of hydrogen-bond donors (Lipinski definition) is 2. The lowest BCUT2D eigenvalue weighted by molar-refractivity contribution is 0.289. The van der Waals surface area contributed by atoms with Gasteiger partial charge in [-0.25, -0.2) is 4.39 Å². The molecule has 0 aromatic heterocycles. The van der Waals surface area contributed by atoms with Gasteiger partial charge < -0.3 is 15.3 Å². The van der Waals surface area contributed by atoms with Crippen LogP contribution < -0.4 is 5.32 Å². The molecule has 2 atom stereocenters. The second-order valence-corrected chi connectivity index (χ2v) is 6.18. The van der Waals surface area contributed by atoms with Crippen molar-refractivity contribution >= 4 is 0 Å². The SMILES string of the molecule is CC(C)CC(CN(C)C)NC(C)c1ccc(O)cc1F. The molecule has 2 N–H and O–H groups in total. The summed E-state index contributed by atoms with van der Waals surface area (Å²) in [5, 5.41) is 12.8. The van der Waals surface area contributed by atoms with Crippen molar-refractivity contribution in [2.75, 3.05) is 20.6 Å². The minimum atomic E-state index is -0.363. The molecule has 20 heavy (non-hydrogen) atoms. The largest absolute Gasteiger partial charge is 0.508 e. The number of aromatic hydroxyl groups is 1. The molecule has 1 aromatic carbocycles. The lowest BCUT2D eigenvalue weighted by Gasteiger charge is -2.27. The van der Waals surface area contributed by atoms with Crippen LogP contribution >= 0.6 is 0 Å². The summed E-state index contributed by atoms with van der Waals surface area (Å²) >= 11 is 0. The number of hydrogen-bond acceptors (Lipinski definition) is 3. The Kier molecular flexibility index (Phi) is 6.43. The minimum absolute atomic E-state index is 0.0366. The van der Waals surface area contributed by atoms with Crippen molar-refractivity contribution < 1.29 is 9.50 Å². The minimum Gasteiger partial charge on any atom is -0.508 e. The molecule has 0 saturated carbocycles. The van der Waals surface area contributed by atoms with E-state index in [9.17, 15) is 9.50 Å². The summed E-state index contributed by atoms with van der Waals surface area (Å²) in [5.74, 6) is 0.188. The number of phenolic OH excluding ortho intramolecular Hbond substituents is 1. The quantitative estimate of drug-likeness (QED) is 0.806. The zero-order valence-electron chi connectivity index (χ0n) is 13.2.